The van der Waals surface area contributed by atoms with Gasteiger partial charge in [-0.3, -0.25) is 4.79 Å². The lowest BCUT2D eigenvalue weighted by Gasteiger charge is -2.00. The predicted octanol–water partition coefficient (Wildman–Crippen LogP) is 0.757. The van der Waals surface area contributed by atoms with E-state index in [2.05, 4.69) is 9.59 Å². The Balaban J connectivity index is 2.09. The van der Waals surface area contributed by atoms with Gasteiger partial charge in [0, 0.05) is 17.9 Å². The van der Waals surface area contributed by atoms with E-state index < -0.39 is 0 Å². The highest BCUT2D eigenvalue weighted by atomic mass is 32.1. The van der Waals surface area contributed by atoms with Crippen molar-refractivity contribution in [1.29, 1.82) is 0 Å². The average Bonchev–Trinajstić information content (AvgIpc) is 2.77. The number of carbonyl (C=O) groups is 1. The monoisotopic (exact) mass is 184 g/mol. The Labute approximate surface area is 73.7 Å². The Morgan fingerprint density at radius 2 is 2.67 bits per heavy atom. The van der Waals surface area contributed by atoms with Gasteiger partial charge in [0.15, 0.2) is 5.78 Å². The third kappa shape index (κ3) is 1.37. The Morgan fingerprint density at radius 3 is 3.25 bits per heavy atom. The molecule has 0 saturated carbocycles. The number of carbonyl (C=O) groups excluding carboxylic acids is 1. The van der Waals surface area contributed by atoms with E-state index in [1.807, 2.05) is 0 Å². The molecule has 5 heteroatoms. The number of hydrogen-bond acceptors (Lipinski definition) is 5. The summed E-state index contributed by atoms with van der Waals surface area (Å²) in [7, 11) is 0. The summed E-state index contributed by atoms with van der Waals surface area (Å²) in [6, 6.07) is 0. The molecule has 12 heavy (non-hydrogen) atoms. The van der Waals surface area contributed by atoms with Crippen LogP contribution in [0.25, 0.3) is 0 Å². The molecule has 1 unspecified atom stereocenters. The lowest BCUT2D eigenvalue weighted by atomic mass is 10.0. The van der Waals surface area contributed by atoms with Crippen molar-refractivity contribution in [3.05, 3.63) is 11.1 Å². The molecule has 64 valence electrons. The van der Waals surface area contributed by atoms with Crippen LogP contribution in [0.15, 0.2) is 5.38 Å². The van der Waals surface area contributed by atoms with Gasteiger partial charge in [-0.2, -0.15) is 0 Å². The fraction of sp³-hybridized carbons (Fsp3) is 0.571. The summed E-state index contributed by atoms with van der Waals surface area (Å²) < 4.78 is 8.76. The van der Waals surface area contributed by atoms with E-state index in [9.17, 15) is 4.79 Å². The Kier molecular flexibility index (Phi) is 2.14. The molecule has 0 spiro atoms. The lowest BCUT2D eigenvalue weighted by molar-refractivity contribution is 0.0895. The largest absolute Gasteiger partial charge is 0.381 e. The highest BCUT2D eigenvalue weighted by Crippen LogP contribution is 2.17. The van der Waals surface area contributed by atoms with Gasteiger partial charge in [-0.25, -0.2) is 0 Å². The van der Waals surface area contributed by atoms with E-state index in [-0.39, 0.29) is 11.7 Å². The molecule has 1 aromatic rings. The molecule has 2 rings (SSSR count). The summed E-state index contributed by atoms with van der Waals surface area (Å²) in [6.07, 6.45) is 0.816. The normalized spacial score (nSPS) is 22.8. The van der Waals surface area contributed by atoms with Crippen molar-refractivity contribution in [2.45, 2.75) is 6.42 Å². The van der Waals surface area contributed by atoms with Crippen LogP contribution in [0.5, 0.6) is 0 Å². The zero-order chi connectivity index (χ0) is 8.39. The molecule has 1 aromatic heterocycles. The molecule has 0 bridgehead atoms. The van der Waals surface area contributed by atoms with Gasteiger partial charge >= 0.3 is 0 Å². The van der Waals surface area contributed by atoms with Gasteiger partial charge in [0.1, 0.15) is 5.69 Å². The molecular formula is C7H8N2O2S. The maximum atomic E-state index is 11.5. The molecule has 1 atom stereocenters. The minimum atomic E-state index is 0.00824. The number of ether oxygens (including phenoxy) is 1. The van der Waals surface area contributed by atoms with Crippen LogP contribution in [0.4, 0.5) is 0 Å². The van der Waals surface area contributed by atoms with Crippen molar-refractivity contribution >= 4 is 17.3 Å². The molecule has 1 aliphatic rings. The summed E-state index contributed by atoms with van der Waals surface area (Å²) in [4.78, 5) is 11.5. The van der Waals surface area contributed by atoms with E-state index in [0.29, 0.717) is 18.9 Å². The van der Waals surface area contributed by atoms with Gasteiger partial charge in [-0.1, -0.05) is 4.49 Å². The standard InChI is InChI=1S/C7H8N2O2S/c10-7(5-1-2-11-3-5)6-4-12-9-8-6/h4-5H,1-3H2. The second kappa shape index (κ2) is 3.28. The van der Waals surface area contributed by atoms with Crippen molar-refractivity contribution in [3.63, 3.8) is 0 Å². The first kappa shape index (κ1) is 7.82. The number of ketones is 1. The van der Waals surface area contributed by atoms with Gasteiger partial charge in [0.05, 0.1) is 6.61 Å². The van der Waals surface area contributed by atoms with Crippen molar-refractivity contribution in [1.82, 2.24) is 9.59 Å². The van der Waals surface area contributed by atoms with Crippen LogP contribution in [0, 0.1) is 5.92 Å². The number of nitrogens with zero attached hydrogens (tertiary/aromatic N) is 2. The first-order valence-corrected chi connectivity index (χ1v) is 4.60. The molecule has 1 fully saturated rings. The Morgan fingerprint density at radius 1 is 1.75 bits per heavy atom. The number of aromatic nitrogens is 2. The minimum Gasteiger partial charge on any atom is -0.381 e. The number of hydrogen-bond donors (Lipinski definition) is 0. The molecule has 1 saturated heterocycles. The summed E-state index contributed by atoms with van der Waals surface area (Å²) in [6.45, 7) is 1.23. The fourth-order valence-corrected chi connectivity index (χ4v) is 1.67. The zero-order valence-electron chi connectivity index (χ0n) is 6.40. The maximum absolute atomic E-state index is 11.5. The third-order valence-electron chi connectivity index (χ3n) is 1.91. The van der Waals surface area contributed by atoms with E-state index in [1.165, 1.54) is 11.5 Å². The molecule has 0 amide bonds. The highest BCUT2D eigenvalue weighted by Gasteiger charge is 2.25. The summed E-state index contributed by atoms with van der Waals surface area (Å²) in [5, 5.41) is 5.41. The quantitative estimate of drug-likeness (QED) is 0.637. The second-order valence-electron chi connectivity index (χ2n) is 2.71. The van der Waals surface area contributed by atoms with E-state index in [4.69, 9.17) is 4.74 Å². The molecule has 4 nitrogen and oxygen atoms in total. The minimum absolute atomic E-state index is 0.00824. The molecule has 1 aliphatic heterocycles. The molecule has 0 N–H and O–H groups in total. The lowest BCUT2D eigenvalue weighted by Crippen LogP contribution is -2.14. The van der Waals surface area contributed by atoms with E-state index >= 15 is 0 Å². The zero-order valence-corrected chi connectivity index (χ0v) is 7.21. The third-order valence-corrected chi connectivity index (χ3v) is 2.42. The van der Waals surface area contributed by atoms with Gasteiger partial charge in [-0.05, 0) is 18.0 Å². The predicted molar refractivity (Wildman–Crippen MR) is 43.2 cm³/mol. The van der Waals surface area contributed by atoms with Gasteiger partial charge in [-0.15, -0.1) is 5.10 Å². The first-order valence-electron chi connectivity index (χ1n) is 3.77. The second-order valence-corrected chi connectivity index (χ2v) is 3.32. The SMILES string of the molecule is O=C(c1csnn1)C1CCOC1. The summed E-state index contributed by atoms with van der Waals surface area (Å²) in [5.41, 5.74) is 0.482. The van der Waals surface area contributed by atoms with Crippen LogP contribution in [-0.2, 0) is 4.74 Å². The fourth-order valence-electron chi connectivity index (χ4n) is 1.22. The summed E-state index contributed by atoms with van der Waals surface area (Å²) >= 11 is 1.20. The van der Waals surface area contributed by atoms with Crippen LogP contribution in [0.1, 0.15) is 16.9 Å². The molecule has 0 aromatic carbocycles. The average molecular weight is 184 g/mol. The van der Waals surface area contributed by atoms with Crippen LogP contribution >= 0.6 is 11.5 Å². The van der Waals surface area contributed by atoms with Crippen molar-refractivity contribution < 1.29 is 9.53 Å². The molecular weight excluding hydrogens is 176 g/mol. The van der Waals surface area contributed by atoms with Crippen molar-refractivity contribution in [3.8, 4) is 0 Å². The number of Topliss-reactive ketones (excluding diaryl/α,β-unsaturated/α-hetero) is 1. The van der Waals surface area contributed by atoms with Crippen LogP contribution in [0.2, 0.25) is 0 Å². The van der Waals surface area contributed by atoms with Gasteiger partial charge in [0.25, 0.3) is 0 Å². The van der Waals surface area contributed by atoms with Gasteiger partial charge in [0.2, 0.25) is 0 Å². The van der Waals surface area contributed by atoms with Crippen LogP contribution < -0.4 is 0 Å². The van der Waals surface area contributed by atoms with Crippen molar-refractivity contribution in [2.24, 2.45) is 5.92 Å². The first-order chi connectivity index (χ1) is 5.88. The molecule has 2 heterocycles. The van der Waals surface area contributed by atoms with Crippen LogP contribution in [0.3, 0.4) is 0 Å². The van der Waals surface area contributed by atoms with Gasteiger partial charge < -0.3 is 4.74 Å². The highest BCUT2D eigenvalue weighted by molar-refractivity contribution is 7.03. The topological polar surface area (TPSA) is 52.1 Å². The number of rotatable bonds is 2. The molecule has 0 radical (unpaired) electrons. The smallest absolute Gasteiger partial charge is 0.189 e. The summed E-state index contributed by atoms with van der Waals surface area (Å²) in [5.74, 6) is 0.0788. The molecule has 0 aliphatic carbocycles. The Bertz CT molecular complexity index is 267. The van der Waals surface area contributed by atoms with Crippen molar-refractivity contribution in [2.75, 3.05) is 13.2 Å². The Hall–Kier alpha value is -0.810. The van der Waals surface area contributed by atoms with Crippen LogP contribution in [-0.4, -0.2) is 28.6 Å². The van der Waals surface area contributed by atoms with E-state index in [0.717, 1.165) is 6.42 Å². The van der Waals surface area contributed by atoms with E-state index in [1.54, 1.807) is 5.38 Å². The maximum Gasteiger partial charge on any atom is 0.189 e.